The number of hydrogen-bond acceptors (Lipinski definition) is 1. The first kappa shape index (κ1) is 14.3. The van der Waals surface area contributed by atoms with Gasteiger partial charge in [0.05, 0.1) is 0 Å². The molecular weight excluding hydrogens is 230 g/mol. The summed E-state index contributed by atoms with van der Waals surface area (Å²) in [6.45, 7) is 9.77. The highest BCUT2D eigenvalue weighted by Crippen LogP contribution is 2.52. The summed E-state index contributed by atoms with van der Waals surface area (Å²) in [5, 5.41) is 3.78. The van der Waals surface area contributed by atoms with Crippen molar-refractivity contribution >= 4 is 0 Å². The summed E-state index contributed by atoms with van der Waals surface area (Å²) in [5.41, 5.74) is 3.25. The lowest BCUT2D eigenvalue weighted by Gasteiger charge is -2.29. The molecule has 1 nitrogen and oxygen atoms in total. The fourth-order valence-corrected chi connectivity index (χ4v) is 2.96. The summed E-state index contributed by atoms with van der Waals surface area (Å²) in [4.78, 5) is 0. The van der Waals surface area contributed by atoms with E-state index in [1.807, 2.05) is 0 Å². The summed E-state index contributed by atoms with van der Waals surface area (Å²) in [5.74, 6) is 0. The van der Waals surface area contributed by atoms with Gasteiger partial charge < -0.3 is 5.32 Å². The van der Waals surface area contributed by atoms with E-state index in [0.29, 0.717) is 11.5 Å². The van der Waals surface area contributed by atoms with Crippen LogP contribution in [0.3, 0.4) is 0 Å². The molecule has 0 saturated heterocycles. The van der Waals surface area contributed by atoms with Gasteiger partial charge in [-0.05, 0) is 44.2 Å². The molecule has 1 aliphatic carbocycles. The summed E-state index contributed by atoms with van der Waals surface area (Å²) in [7, 11) is 0. The van der Waals surface area contributed by atoms with Gasteiger partial charge in [0.25, 0.3) is 0 Å². The minimum Gasteiger partial charge on any atom is -0.313 e. The maximum absolute atomic E-state index is 4.22. The van der Waals surface area contributed by atoms with E-state index in [2.05, 4.69) is 56.1 Å². The van der Waals surface area contributed by atoms with Gasteiger partial charge in [-0.1, -0.05) is 56.3 Å². The van der Waals surface area contributed by atoms with Crippen LogP contribution in [0.4, 0.5) is 0 Å². The SMILES string of the molecule is C=C(CC)CC(NCCC)C1(c2ccccc2)CC1. The van der Waals surface area contributed by atoms with Crippen LogP contribution in [0, 0.1) is 0 Å². The Kier molecular flexibility index (Phi) is 4.81. The second-order valence-corrected chi connectivity index (χ2v) is 5.84. The van der Waals surface area contributed by atoms with Crippen LogP contribution in [0.1, 0.15) is 51.5 Å². The maximum Gasteiger partial charge on any atom is 0.0201 e. The van der Waals surface area contributed by atoms with Crippen LogP contribution in [-0.2, 0) is 5.41 Å². The predicted molar refractivity (Wildman–Crippen MR) is 83.5 cm³/mol. The normalized spacial score (nSPS) is 18.0. The van der Waals surface area contributed by atoms with Crippen molar-refractivity contribution in [1.29, 1.82) is 0 Å². The van der Waals surface area contributed by atoms with Gasteiger partial charge in [-0.2, -0.15) is 0 Å². The molecule has 0 aromatic heterocycles. The first-order valence-electron chi connectivity index (χ1n) is 7.68. The molecule has 1 fully saturated rings. The Morgan fingerprint density at radius 3 is 2.47 bits per heavy atom. The van der Waals surface area contributed by atoms with Crippen molar-refractivity contribution in [3.8, 4) is 0 Å². The number of rotatable bonds is 8. The molecule has 1 unspecified atom stereocenters. The number of benzene rings is 1. The predicted octanol–water partition coefficient (Wildman–Crippen LogP) is 4.44. The van der Waals surface area contributed by atoms with Crippen LogP contribution in [0.25, 0.3) is 0 Å². The molecule has 0 radical (unpaired) electrons. The second kappa shape index (κ2) is 6.38. The van der Waals surface area contributed by atoms with Gasteiger partial charge in [-0.3, -0.25) is 0 Å². The molecule has 0 bridgehead atoms. The van der Waals surface area contributed by atoms with Crippen LogP contribution in [0.5, 0.6) is 0 Å². The van der Waals surface area contributed by atoms with Crippen LogP contribution in [-0.4, -0.2) is 12.6 Å². The Morgan fingerprint density at radius 2 is 1.95 bits per heavy atom. The van der Waals surface area contributed by atoms with Crippen molar-refractivity contribution in [1.82, 2.24) is 5.32 Å². The fraction of sp³-hybridized carbons (Fsp3) is 0.556. The van der Waals surface area contributed by atoms with Gasteiger partial charge in [0, 0.05) is 11.5 Å². The molecule has 1 N–H and O–H groups in total. The van der Waals surface area contributed by atoms with Gasteiger partial charge in [-0.15, -0.1) is 0 Å². The largest absolute Gasteiger partial charge is 0.313 e. The van der Waals surface area contributed by atoms with Crippen LogP contribution in [0.15, 0.2) is 42.5 Å². The Balaban J connectivity index is 2.15. The zero-order chi connectivity index (χ0) is 13.7. The molecule has 1 aliphatic rings. The molecule has 1 aromatic carbocycles. The van der Waals surface area contributed by atoms with E-state index in [-0.39, 0.29) is 0 Å². The van der Waals surface area contributed by atoms with E-state index >= 15 is 0 Å². The van der Waals surface area contributed by atoms with Crippen LogP contribution < -0.4 is 5.32 Å². The van der Waals surface area contributed by atoms with Gasteiger partial charge in [0.2, 0.25) is 0 Å². The molecule has 1 heteroatoms. The average Bonchev–Trinajstić information content (AvgIpc) is 3.25. The Hall–Kier alpha value is -1.08. The highest BCUT2D eigenvalue weighted by Gasteiger charge is 2.50. The lowest BCUT2D eigenvalue weighted by atomic mass is 9.84. The second-order valence-electron chi connectivity index (χ2n) is 5.84. The molecule has 1 saturated carbocycles. The summed E-state index contributed by atoms with van der Waals surface area (Å²) >= 11 is 0. The van der Waals surface area contributed by atoms with Crippen molar-refractivity contribution in [2.24, 2.45) is 0 Å². The standard InChI is InChI=1S/C18H27N/c1-4-13-19-17(14-15(3)5-2)18(11-12-18)16-9-7-6-8-10-16/h6-10,17,19H,3-5,11-14H2,1-2H3. The molecule has 0 aliphatic heterocycles. The zero-order valence-electron chi connectivity index (χ0n) is 12.4. The average molecular weight is 257 g/mol. The molecule has 19 heavy (non-hydrogen) atoms. The first-order chi connectivity index (χ1) is 9.23. The summed E-state index contributed by atoms with van der Waals surface area (Å²) in [6, 6.07) is 11.6. The van der Waals surface area contributed by atoms with Crippen LogP contribution in [0.2, 0.25) is 0 Å². The van der Waals surface area contributed by atoms with Gasteiger partial charge in [-0.25, -0.2) is 0 Å². The molecule has 104 valence electrons. The molecule has 1 atom stereocenters. The molecule has 2 rings (SSSR count). The molecule has 1 aromatic rings. The molecular formula is C18H27N. The summed E-state index contributed by atoms with van der Waals surface area (Å²) < 4.78 is 0. The third-order valence-corrected chi connectivity index (χ3v) is 4.44. The van der Waals surface area contributed by atoms with Crippen molar-refractivity contribution in [2.75, 3.05) is 6.54 Å². The van der Waals surface area contributed by atoms with Gasteiger partial charge in [0.1, 0.15) is 0 Å². The van der Waals surface area contributed by atoms with E-state index in [9.17, 15) is 0 Å². The lowest BCUT2D eigenvalue weighted by Crippen LogP contribution is -2.40. The lowest BCUT2D eigenvalue weighted by molar-refractivity contribution is 0.409. The molecule has 0 heterocycles. The van der Waals surface area contributed by atoms with Crippen LogP contribution >= 0.6 is 0 Å². The minimum absolute atomic E-state index is 0.370. The van der Waals surface area contributed by atoms with E-state index < -0.39 is 0 Å². The smallest absolute Gasteiger partial charge is 0.0201 e. The number of nitrogens with one attached hydrogen (secondary N) is 1. The van der Waals surface area contributed by atoms with Gasteiger partial charge in [0.15, 0.2) is 0 Å². The Labute approximate surface area is 118 Å². The quantitative estimate of drug-likeness (QED) is 0.679. The zero-order valence-corrected chi connectivity index (χ0v) is 12.4. The molecule has 0 amide bonds. The van der Waals surface area contributed by atoms with Crippen molar-refractivity contribution < 1.29 is 0 Å². The first-order valence-corrected chi connectivity index (χ1v) is 7.68. The van der Waals surface area contributed by atoms with Crippen molar-refractivity contribution in [3.05, 3.63) is 48.0 Å². The minimum atomic E-state index is 0.370. The van der Waals surface area contributed by atoms with Crippen molar-refractivity contribution in [3.63, 3.8) is 0 Å². The third kappa shape index (κ3) is 3.27. The summed E-state index contributed by atoms with van der Waals surface area (Å²) in [6.07, 6.45) is 6.03. The Morgan fingerprint density at radius 1 is 1.26 bits per heavy atom. The van der Waals surface area contributed by atoms with Gasteiger partial charge >= 0.3 is 0 Å². The van der Waals surface area contributed by atoms with E-state index in [1.54, 1.807) is 0 Å². The highest BCUT2D eigenvalue weighted by molar-refractivity contribution is 5.34. The topological polar surface area (TPSA) is 12.0 Å². The van der Waals surface area contributed by atoms with Crippen molar-refractivity contribution in [2.45, 2.75) is 57.4 Å². The van der Waals surface area contributed by atoms with E-state index in [0.717, 1.165) is 19.4 Å². The number of hydrogen-bond donors (Lipinski definition) is 1. The van der Waals surface area contributed by atoms with E-state index in [4.69, 9.17) is 0 Å². The monoisotopic (exact) mass is 257 g/mol. The maximum atomic E-state index is 4.22. The fourth-order valence-electron chi connectivity index (χ4n) is 2.96. The van der Waals surface area contributed by atoms with E-state index in [1.165, 1.54) is 30.4 Å². The molecule has 0 spiro atoms. The Bertz CT molecular complexity index is 403. The third-order valence-electron chi connectivity index (χ3n) is 4.44. The highest BCUT2D eigenvalue weighted by atomic mass is 14.9.